The first kappa shape index (κ1) is 20.9. The number of nitrogens with one attached hydrogen (secondary N) is 1. The summed E-state index contributed by atoms with van der Waals surface area (Å²) in [5.41, 5.74) is 3.08. The van der Waals surface area contributed by atoms with Gasteiger partial charge in [-0.15, -0.1) is 0 Å². The molecule has 1 N–H and O–H groups in total. The van der Waals surface area contributed by atoms with E-state index in [0.29, 0.717) is 67.7 Å². The molecule has 0 spiro atoms. The topological polar surface area (TPSA) is 77.1 Å². The van der Waals surface area contributed by atoms with Gasteiger partial charge in [-0.3, -0.25) is 14.5 Å². The Morgan fingerprint density at radius 2 is 1.74 bits per heavy atom. The van der Waals surface area contributed by atoms with Gasteiger partial charge >= 0.3 is 0 Å². The first-order valence-corrected chi connectivity index (χ1v) is 10.5. The third-order valence-corrected chi connectivity index (χ3v) is 5.19. The molecule has 0 radical (unpaired) electrons. The van der Waals surface area contributed by atoms with E-state index in [-0.39, 0.29) is 17.5 Å². The Morgan fingerprint density at radius 1 is 1.00 bits per heavy atom. The summed E-state index contributed by atoms with van der Waals surface area (Å²) in [7, 11) is 0. The lowest BCUT2D eigenvalue weighted by Crippen LogP contribution is -2.34. The highest BCUT2D eigenvalue weighted by molar-refractivity contribution is 6.36. The van der Waals surface area contributed by atoms with Crippen LogP contribution in [-0.4, -0.2) is 49.7 Å². The molecule has 2 aromatic carbocycles. The SMILES string of the molecule is CCOCCCN1C(=O)C(Nc2ccc3c(c2)OCCO3)=C(c2ccc(C)cc2)C1=O. The van der Waals surface area contributed by atoms with Crippen molar-refractivity contribution in [3.63, 3.8) is 0 Å². The van der Waals surface area contributed by atoms with Gasteiger partial charge in [-0.25, -0.2) is 0 Å². The van der Waals surface area contributed by atoms with Gasteiger partial charge in [-0.2, -0.15) is 0 Å². The number of fused-ring (bicyclic) bond motifs is 1. The predicted molar refractivity (Wildman–Crippen MR) is 117 cm³/mol. The summed E-state index contributed by atoms with van der Waals surface area (Å²) in [6.45, 7) is 6.28. The van der Waals surface area contributed by atoms with Gasteiger partial charge in [0.1, 0.15) is 18.9 Å². The van der Waals surface area contributed by atoms with Gasteiger partial charge in [0, 0.05) is 31.5 Å². The molecule has 0 bridgehead atoms. The number of amides is 2. The molecule has 7 heteroatoms. The molecule has 0 aliphatic carbocycles. The van der Waals surface area contributed by atoms with Crippen molar-refractivity contribution in [2.45, 2.75) is 20.3 Å². The van der Waals surface area contributed by atoms with E-state index < -0.39 is 0 Å². The molecule has 0 saturated heterocycles. The van der Waals surface area contributed by atoms with Gasteiger partial charge in [-0.05, 0) is 38.0 Å². The Morgan fingerprint density at radius 3 is 2.48 bits per heavy atom. The molecule has 0 unspecified atom stereocenters. The molecule has 0 aromatic heterocycles. The maximum atomic E-state index is 13.2. The van der Waals surface area contributed by atoms with E-state index in [2.05, 4.69) is 5.32 Å². The number of hydrogen-bond acceptors (Lipinski definition) is 6. The van der Waals surface area contributed by atoms with Gasteiger partial charge < -0.3 is 19.5 Å². The van der Waals surface area contributed by atoms with Crippen LogP contribution in [0.15, 0.2) is 48.2 Å². The molecular formula is C24H26N2O5. The lowest BCUT2D eigenvalue weighted by atomic mass is 10.0. The average molecular weight is 422 g/mol. The van der Waals surface area contributed by atoms with Crippen LogP contribution in [-0.2, 0) is 14.3 Å². The summed E-state index contributed by atoms with van der Waals surface area (Å²) in [5.74, 6) is 0.632. The molecular weight excluding hydrogens is 396 g/mol. The zero-order valence-corrected chi connectivity index (χ0v) is 17.8. The number of benzene rings is 2. The number of carbonyl (C=O) groups is 2. The smallest absolute Gasteiger partial charge is 0.278 e. The number of anilines is 1. The van der Waals surface area contributed by atoms with Crippen molar-refractivity contribution in [1.82, 2.24) is 4.90 Å². The molecule has 0 fully saturated rings. The minimum atomic E-state index is -0.341. The molecule has 2 aliphatic rings. The predicted octanol–water partition coefficient (Wildman–Crippen LogP) is 3.38. The molecule has 4 rings (SSSR count). The Labute approximate surface area is 181 Å². The molecule has 2 heterocycles. The number of imide groups is 1. The van der Waals surface area contributed by atoms with Crippen LogP contribution in [0.3, 0.4) is 0 Å². The van der Waals surface area contributed by atoms with E-state index in [1.807, 2.05) is 44.2 Å². The molecule has 2 aliphatic heterocycles. The maximum absolute atomic E-state index is 13.2. The van der Waals surface area contributed by atoms with Crippen LogP contribution in [0, 0.1) is 6.92 Å². The second-order valence-electron chi connectivity index (χ2n) is 7.41. The molecule has 0 saturated carbocycles. The molecule has 7 nitrogen and oxygen atoms in total. The second-order valence-corrected chi connectivity index (χ2v) is 7.41. The van der Waals surface area contributed by atoms with Crippen molar-refractivity contribution in [2.24, 2.45) is 0 Å². The average Bonchev–Trinajstić information content (AvgIpc) is 3.01. The van der Waals surface area contributed by atoms with Crippen molar-refractivity contribution < 1.29 is 23.8 Å². The Hall–Kier alpha value is -3.32. The standard InChI is InChI=1S/C24H26N2O5/c1-3-29-12-4-11-26-23(27)21(17-7-5-16(2)6-8-17)22(24(26)28)25-18-9-10-19-20(15-18)31-14-13-30-19/h5-10,15,25H,3-4,11-14H2,1-2H3. The van der Waals surface area contributed by atoms with Crippen LogP contribution in [0.1, 0.15) is 24.5 Å². The van der Waals surface area contributed by atoms with Crippen LogP contribution in [0.4, 0.5) is 5.69 Å². The van der Waals surface area contributed by atoms with E-state index in [0.717, 1.165) is 5.56 Å². The van der Waals surface area contributed by atoms with Crippen molar-refractivity contribution in [3.8, 4) is 11.5 Å². The molecule has 2 aromatic rings. The third kappa shape index (κ3) is 4.41. The van der Waals surface area contributed by atoms with E-state index in [1.165, 1.54) is 4.90 Å². The number of rotatable bonds is 8. The zero-order valence-electron chi connectivity index (χ0n) is 17.8. The number of carbonyl (C=O) groups excluding carboxylic acids is 2. The van der Waals surface area contributed by atoms with Crippen LogP contribution < -0.4 is 14.8 Å². The van der Waals surface area contributed by atoms with Gasteiger partial charge in [-0.1, -0.05) is 29.8 Å². The normalized spacial score (nSPS) is 15.6. The van der Waals surface area contributed by atoms with Crippen LogP contribution in [0.25, 0.3) is 5.57 Å². The molecule has 162 valence electrons. The fraction of sp³-hybridized carbons (Fsp3) is 0.333. The minimum Gasteiger partial charge on any atom is -0.486 e. The largest absolute Gasteiger partial charge is 0.486 e. The summed E-state index contributed by atoms with van der Waals surface area (Å²) in [5, 5.41) is 3.17. The number of nitrogens with zero attached hydrogens (tertiary/aromatic N) is 1. The second kappa shape index (κ2) is 9.22. The lowest BCUT2D eigenvalue weighted by molar-refractivity contribution is -0.137. The highest BCUT2D eigenvalue weighted by Gasteiger charge is 2.39. The van der Waals surface area contributed by atoms with E-state index >= 15 is 0 Å². The van der Waals surface area contributed by atoms with Gasteiger partial charge in [0.2, 0.25) is 0 Å². The summed E-state index contributed by atoms with van der Waals surface area (Å²) < 4.78 is 16.6. The first-order valence-electron chi connectivity index (χ1n) is 10.5. The molecule has 0 atom stereocenters. The monoisotopic (exact) mass is 422 g/mol. The van der Waals surface area contributed by atoms with Crippen molar-refractivity contribution in [1.29, 1.82) is 0 Å². The third-order valence-electron chi connectivity index (χ3n) is 5.19. The van der Waals surface area contributed by atoms with Gasteiger partial charge in [0.25, 0.3) is 11.8 Å². The minimum absolute atomic E-state index is 0.266. The fourth-order valence-electron chi connectivity index (χ4n) is 3.62. The highest BCUT2D eigenvalue weighted by Crippen LogP contribution is 2.35. The fourth-order valence-corrected chi connectivity index (χ4v) is 3.62. The summed E-state index contributed by atoms with van der Waals surface area (Å²) in [4.78, 5) is 27.7. The number of aryl methyl sites for hydroxylation is 1. The number of hydrogen-bond donors (Lipinski definition) is 1. The van der Waals surface area contributed by atoms with E-state index in [1.54, 1.807) is 12.1 Å². The summed E-state index contributed by atoms with van der Waals surface area (Å²) >= 11 is 0. The van der Waals surface area contributed by atoms with Crippen molar-refractivity contribution in [3.05, 3.63) is 59.3 Å². The Balaban J connectivity index is 1.65. The van der Waals surface area contributed by atoms with Crippen LogP contribution in [0.2, 0.25) is 0 Å². The van der Waals surface area contributed by atoms with Crippen molar-refractivity contribution >= 4 is 23.1 Å². The Bertz CT molecular complexity index is 1010. The quantitative estimate of drug-likeness (QED) is 0.519. The van der Waals surface area contributed by atoms with Gasteiger partial charge in [0.05, 0.1) is 5.57 Å². The molecule has 31 heavy (non-hydrogen) atoms. The zero-order chi connectivity index (χ0) is 21.8. The van der Waals surface area contributed by atoms with E-state index in [4.69, 9.17) is 14.2 Å². The summed E-state index contributed by atoms with van der Waals surface area (Å²) in [6.07, 6.45) is 0.587. The van der Waals surface area contributed by atoms with Gasteiger partial charge in [0.15, 0.2) is 11.5 Å². The van der Waals surface area contributed by atoms with Crippen LogP contribution in [0.5, 0.6) is 11.5 Å². The highest BCUT2D eigenvalue weighted by atomic mass is 16.6. The lowest BCUT2D eigenvalue weighted by Gasteiger charge is -2.19. The number of ether oxygens (including phenoxy) is 3. The maximum Gasteiger partial charge on any atom is 0.278 e. The van der Waals surface area contributed by atoms with Crippen LogP contribution >= 0.6 is 0 Å². The van der Waals surface area contributed by atoms with Crippen molar-refractivity contribution in [2.75, 3.05) is 38.3 Å². The molecule has 2 amide bonds. The first-order chi connectivity index (χ1) is 15.1. The Kier molecular flexibility index (Phi) is 6.23. The summed E-state index contributed by atoms with van der Waals surface area (Å²) in [6, 6.07) is 13.0. The van der Waals surface area contributed by atoms with E-state index in [9.17, 15) is 9.59 Å².